The normalized spacial score (nSPS) is 22.1. The zero-order chi connectivity index (χ0) is 32.4. The summed E-state index contributed by atoms with van der Waals surface area (Å²) in [5.74, 6) is -2.40. The van der Waals surface area contributed by atoms with Crippen LogP contribution in [0.5, 0.6) is 0 Å². The number of aliphatic hydroxyl groups is 1. The third-order valence-corrected chi connectivity index (χ3v) is 9.40. The zero-order valence-electron chi connectivity index (χ0n) is 24.9. The first-order valence-electron chi connectivity index (χ1n) is 15.1. The highest BCUT2D eigenvalue weighted by molar-refractivity contribution is 5.85. The number of alkyl halides is 6. The van der Waals surface area contributed by atoms with Crippen molar-refractivity contribution in [2.24, 2.45) is 0 Å². The Morgan fingerprint density at radius 2 is 1.39 bits per heavy atom. The van der Waals surface area contributed by atoms with Gasteiger partial charge in [0.2, 0.25) is 5.91 Å². The second kappa shape index (κ2) is 14.3. The Morgan fingerprint density at radius 1 is 0.848 bits per heavy atom. The van der Waals surface area contributed by atoms with Gasteiger partial charge in [-0.15, -0.1) is 12.4 Å². The van der Waals surface area contributed by atoms with Crippen LogP contribution in [0.4, 0.5) is 30.7 Å². The predicted molar refractivity (Wildman–Crippen MR) is 162 cm³/mol. The van der Waals surface area contributed by atoms with Crippen LogP contribution in [0.15, 0.2) is 72.8 Å². The van der Waals surface area contributed by atoms with Gasteiger partial charge in [0.1, 0.15) is 5.82 Å². The number of hydrogen-bond donors (Lipinski definition) is 2. The van der Waals surface area contributed by atoms with Crippen LogP contribution in [0.25, 0.3) is 0 Å². The van der Waals surface area contributed by atoms with Gasteiger partial charge in [-0.1, -0.05) is 42.5 Å². The van der Waals surface area contributed by atoms with Crippen LogP contribution < -0.4 is 5.32 Å². The van der Waals surface area contributed by atoms with Crippen LogP contribution in [0, 0.1) is 5.82 Å². The van der Waals surface area contributed by atoms with Crippen molar-refractivity contribution in [2.45, 2.75) is 74.3 Å². The molecule has 1 heterocycles. The first-order chi connectivity index (χ1) is 21.3. The maximum Gasteiger partial charge on any atom is 0.416 e. The molecule has 3 aromatic rings. The quantitative estimate of drug-likeness (QED) is 0.249. The van der Waals surface area contributed by atoms with E-state index >= 15 is 0 Å². The number of carbonyl (C=O) groups excluding carboxylic acids is 1. The molecule has 1 aliphatic heterocycles. The van der Waals surface area contributed by atoms with Crippen LogP contribution in [-0.2, 0) is 22.7 Å². The highest BCUT2D eigenvalue weighted by atomic mass is 35.5. The third-order valence-electron chi connectivity index (χ3n) is 9.40. The molecule has 0 radical (unpaired) electrons. The lowest BCUT2D eigenvalue weighted by molar-refractivity contribution is -0.143. The number of nitrogens with zero attached hydrogens (tertiary/aromatic N) is 1. The Labute approximate surface area is 269 Å². The minimum absolute atomic E-state index is 0. The van der Waals surface area contributed by atoms with Crippen LogP contribution >= 0.6 is 12.4 Å². The molecule has 0 bridgehead atoms. The lowest BCUT2D eigenvalue weighted by Gasteiger charge is -2.46. The average molecular weight is 673 g/mol. The standard InChI is InChI=1S/C34H35F7N2O2.ClH/c35-28-8-6-22(7-9-28)23-12-16-43(17-13-23)29-10-14-32(15-11-29,25-4-2-1-3-5-25)42-31(45)30(21-44)24-18-26(33(36,37)38)20-27(19-24)34(39,40)41;/h1-9,18-20,23,29-30,44H,10-17,21H2,(H,42,45);1H/t29?,30-,32?;/m1./s1. The van der Waals surface area contributed by atoms with E-state index in [1.165, 1.54) is 12.1 Å². The van der Waals surface area contributed by atoms with Crippen molar-refractivity contribution in [1.82, 2.24) is 10.2 Å². The van der Waals surface area contributed by atoms with Gasteiger partial charge in [0.25, 0.3) is 0 Å². The lowest BCUT2D eigenvalue weighted by atomic mass is 9.73. The van der Waals surface area contributed by atoms with E-state index in [0.717, 1.165) is 37.1 Å². The van der Waals surface area contributed by atoms with E-state index in [2.05, 4.69) is 10.2 Å². The highest BCUT2D eigenvalue weighted by Gasteiger charge is 2.43. The molecule has 0 spiro atoms. The number of rotatable bonds is 7. The van der Waals surface area contributed by atoms with Crippen molar-refractivity contribution in [3.63, 3.8) is 0 Å². The molecule has 3 aromatic carbocycles. The lowest BCUT2D eigenvalue weighted by Crippen LogP contribution is -2.53. The number of carbonyl (C=O) groups is 1. The zero-order valence-corrected chi connectivity index (χ0v) is 25.7. The Hall–Kier alpha value is -3.15. The van der Waals surface area contributed by atoms with Crippen LogP contribution in [0.2, 0.25) is 0 Å². The van der Waals surface area contributed by atoms with Gasteiger partial charge in [0.15, 0.2) is 0 Å². The molecule has 2 N–H and O–H groups in total. The van der Waals surface area contributed by atoms with Gasteiger partial charge in [0.05, 0.1) is 29.2 Å². The Balaban J connectivity index is 0.00000480. The molecule has 1 saturated carbocycles. The molecule has 2 aliphatic rings. The van der Waals surface area contributed by atoms with E-state index in [0.29, 0.717) is 43.7 Å². The molecule has 4 nitrogen and oxygen atoms in total. The summed E-state index contributed by atoms with van der Waals surface area (Å²) in [4.78, 5) is 16.1. The maximum atomic E-state index is 13.7. The smallest absolute Gasteiger partial charge is 0.395 e. The van der Waals surface area contributed by atoms with E-state index < -0.39 is 53.0 Å². The monoisotopic (exact) mass is 672 g/mol. The van der Waals surface area contributed by atoms with E-state index in [-0.39, 0.29) is 30.3 Å². The number of nitrogens with one attached hydrogen (secondary N) is 1. The van der Waals surface area contributed by atoms with E-state index in [4.69, 9.17) is 0 Å². The average Bonchev–Trinajstić information content (AvgIpc) is 3.02. The number of halogens is 8. The van der Waals surface area contributed by atoms with Crippen molar-refractivity contribution < 1.29 is 40.6 Å². The predicted octanol–water partition coefficient (Wildman–Crippen LogP) is 8.19. The first-order valence-corrected chi connectivity index (χ1v) is 15.1. The molecule has 1 atom stereocenters. The van der Waals surface area contributed by atoms with Crippen molar-refractivity contribution in [1.29, 1.82) is 0 Å². The maximum absolute atomic E-state index is 13.7. The van der Waals surface area contributed by atoms with Crippen molar-refractivity contribution in [3.8, 4) is 0 Å². The second-order valence-electron chi connectivity index (χ2n) is 12.1. The topological polar surface area (TPSA) is 52.6 Å². The van der Waals surface area contributed by atoms with Gasteiger partial charge in [-0.2, -0.15) is 26.3 Å². The number of benzene rings is 3. The van der Waals surface area contributed by atoms with E-state index in [1.54, 1.807) is 0 Å². The van der Waals surface area contributed by atoms with E-state index in [1.807, 2.05) is 42.5 Å². The summed E-state index contributed by atoms with van der Waals surface area (Å²) >= 11 is 0. The number of amides is 1. The fourth-order valence-electron chi connectivity index (χ4n) is 6.88. The van der Waals surface area contributed by atoms with Crippen molar-refractivity contribution in [3.05, 3.63) is 106 Å². The molecule has 0 unspecified atom stereocenters. The molecule has 250 valence electrons. The number of piperidine rings is 1. The molecule has 1 amide bonds. The summed E-state index contributed by atoms with van der Waals surface area (Å²) in [6, 6.07) is 17.0. The largest absolute Gasteiger partial charge is 0.416 e. The Kier molecular flexibility index (Phi) is 11.1. The van der Waals surface area contributed by atoms with Gasteiger partial charge in [-0.05, 0) is 105 Å². The number of hydrogen-bond acceptors (Lipinski definition) is 3. The van der Waals surface area contributed by atoms with Crippen LogP contribution in [-0.4, -0.2) is 41.7 Å². The molecule has 46 heavy (non-hydrogen) atoms. The molecule has 2 fully saturated rings. The molecular formula is C34H36ClF7N2O2. The van der Waals surface area contributed by atoms with E-state index in [9.17, 15) is 40.6 Å². The van der Waals surface area contributed by atoms with Crippen LogP contribution in [0.3, 0.4) is 0 Å². The number of aliphatic hydroxyl groups excluding tert-OH is 1. The second-order valence-corrected chi connectivity index (χ2v) is 12.1. The van der Waals surface area contributed by atoms with Gasteiger partial charge in [-0.3, -0.25) is 4.79 Å². The summed E-state index contributed by atoms with van der Waals surface area (Å²) in [6.07, 6.45) is -5.88. The first kappa shape index (κ1) is 35.7. The summed E-state index contributed by atoms with van der Waals surface area (Å²) in [5, 5.41) is 13.1. The molecule has 5 rings (SSSR count). The summed E-state index contributed by atoms with van der Waals surface area (Å²) < 4.78 is 94.5. The summed E-state index contributed by atoms with van der Waals surface area (Å²) in [6.45, 7) is 0.753. The molecule has 0 aromatic heterocycles. The molecule has 1 saturated heterocycles. The fourth-order valence-corrected chi connectivity index (χ4v) is 6.88. The molecule has 1 aliphatic carbocycles. The van der Waals surface area contributed by atoms with Gasteiger partial charge in [0, 0.05) is 6.04 Å². The minimum atomic E-state index is -5.08. The Bertz CT molecular complexity index is 1420. The molecular weight excluding hydrogens is 637 g/mol. The fraction of sp³-hybridized carbons (Fsp3) is 0.441. The SMILES string of the molecule is Cl.O=C(NC1(c2ccccc2)CCC(N2CCC(c3ccc(F)cc3)CC2)CC1)[C@H](CO)c1cc(C(F)(F)F)cc(C(F)(F)F)c1. The Morgan fingerprint density at radius 3 is 1.89 bits per heavy atom. The van der Waals surface area contributed by atoms with Gasteiger partial charge < -0.3 is 15.3 Å². The van der Waals surface area contributed by atoms with Crippen molar-refractivity contribution in [2.75, 3.05) is 19.7 Å². The van der Waals surface area contributed by atoms with Crippen LogP contribution in [0.1, 0.15) is 78.2 Å². The third kappa shape index (κ3) is 8.04. The molecule has 12 heteroatoms. The summed E-state index contributed by atoms with van der Waals surface area (Å²) in [5.41, 5.74) is -2.66. The highest BCUT2D eigenvalue weighted by Crippen LogP contribution is 2.42. The minimum Gasteiger partial charge on any atom is -0.395 e. The summed E-state index contributed by atoms with van der Waals surface area (Å²) in [7, 11) is 0. The van der Waals surface area contributed by atoms with Gasteiger partial charge >= 0.3 is 12.4 Å². The number of likely N-dealkylation sites (tertiary alicyclic amines) is 1. The van der Waals surface area contributed by atoms with Crippen molar-refractivity contribution >= 4 is 18.3 Å². The van der Waals surface area contributed by atoms with Gasteiger partial charge in [-0.25, -0.2) is 4.39 Å².